The minimum absolute atomic E-state index is 0.00634. The second-order valence-electron chi connectivity index (χ2n) is 4.36. The van der Waals surface area contributed by atoms with Gasteiger partial charge in [0.15, 0.2) is 0 Å². The average Bonchev–Trinajstić information content (AvgIpc) is 2.79. The van der Waals surface area contributed by atoms with E-state index < -0.39 is 5.97 Å². The van der Waals surface area contributed by atoms with E-state index in [0.717, 1.165) is 4.47 Å². The fourth-order valence-electron chi connectivity index (χ4n) is 2.14. The van der Waals surface area contributed by atoms with Gasteiger partial charge < -0.3 is 9.64 Å². The van der Waals surface area contributed by atoms with Gasteiger partial charge in [0.05, 0.1) is 18.4 Å². The Morgan fingerprint density at radius 3 is 2.89 bits per heavy atom. The second-order valence-corrected chi connectivity index (χ2v) is 5.27. The van der Waals surface area contributed by atoms with Crippen LogP contribution >= 0.6 is 15.9 Å². The topological polar surface area (TPSA) is 46.6 Å². The summed E-state index contributed by atoms with van der Waals surface area (Å²) in [4.78, 5) is 25.4. The third kappa shape index (κ3) is 2.71. The lowest BCUT2D eigenvalue weighted by atomic mass is 10.1. The molecule has 1 aliphatic rings. The number of esters is 1. The zero-order valence-corrected chi connectivity index (χ0v) is 12.1. The predicted octanol–water partition coefficient (Wildman–Crippen LogP) is 2.77. The molecule has 0 N–H and O–H groups in total. The van der Waals surface area contributed by atoms with Crippen molar-refractivity contribution >= 4 is 33.5 Å². The molecule has 1 aromatic carbocycles. The first-order valence-electron chi connectivity index (χ1n) is 5.87. The zero-order chi connectivity index (χ0) is 14.0. The Kier molecular flexibility index (Phi) is 4.04. The lowest BCUT2D eigenvalue weighted by Gasteiger charge is -2.19. The Bertz CT molecular complexity index is 541. The molecule has 0 radical (unpaired) electrons. The Hall–Kier alpha value is -1.62. The van der Waals surface area contributed by atoms with Crippen LogP contribution in [-0.2, 0) is 9.53 Å². The average molecular weight is 324 g/mol. The molecule has 5 heteroatoms. The summed E-state index contributed by atoms with van der Waals surface area (Å²) in [6, 6.07) is 5.16. The van der Waals surface area contributed by atoms with Crippen LogP contribution in [-0.4, -0.2) is 25.5 Å². The molecule has 1 atom stereocenters. The minimum Gasteiger partial charge on any atom is -0.465 e. The Balaban J connectivity index is 2.43. The van der Waals surface area contributed by atoms with Gasteiger partial charge in [-0.2, -0.15) is 0 Å². The summed E-state index contributed by atoms with van der Waals surface area (Å²) in [5.41, 5.74) is 0.972. The maximum Gasteiger partial charge on any atom is 0.339 e. The van der Waals surface area contributed by atoms with E-state index in [4.69, 9.17) is 4.74 Å². The van der Waals surface area contributed by atoms with Gasteiger partial charge in [-0.25, -0.2) is 4.79 Å². The number of carbonyl (C=O) groups excluding carboxylic acids is 2. The van der Waals surface area contributed by atoms with Crippen LogP contribution in [0.1, 0.15) is 16.8 Å². The van der Waals surface area contributed by atoms with Crippen LogP contribution in [0.2, 0.25) is 0 Å². The minimum atomic E-state index is -0.447. The molecule has 1 fully saturated rings. The van der Waals surface area contributed by atoms with E-state index >= 15 is 0 Å². The van der Waals surface area contributed by atoms with Crippen LogP contribution in [0.15, 0.2) is 35.3 Å². The van der Waals surface area contributed by atoms with Crippen molar-refractivity contribution in [1.82, 2.24) is 0 Å². The maximum atomic E-state index is 12.0. The summed E-state index contributed by atoms with van der Waals surface area (Å²) in [5, 5.41) is 0. The van der Waals surface area contributed by atoms with E-state index in [-0.39, 0.29) is 11.8 Å². The van der Waals surface area contributed by atoms with E-state index in [1.165, 1.54) is 7.11 Å². The summed E-state index contributed by atoms with van der Waals surface area (Å²) in [7, 11) is 1.33. The number of benzene rings is 1. The maximum absolute atomic E-state index is 12.0. The van der Waals surface area contributed by atoms with E-state index in [1.54, 1.807) is 29.2 Å². The van der Waals surface area contributed by atoms with E-state index in [1.807, 2.05) is 0 Å². The van der Waals surface area contributed by atoms with Crippen LogP contribution in [0.5, 0.6) is 0 Å². The molecule has 1 amide bonds. The summed E-state index contributed by atoms with van der Waals surface area (Å²) in [5.74, 6) is -0.331. The molecule has 19 heavy (non-hydrogen) atoms. The van der Waals surface area contributed by atoms with Crippen molar-refractivity contribution in [1.29, 1.82) is 0 Å². The van der Waals surface area contributed by atoms with Gasteiger partial charge in [0.1, 0.15) is 0 Å². The number of hydrogen-bond donors (Lipinski definition) is 0. The fourth-order valence-corrected chi connectivity index (χ4v) is 2.49. The van der Waals surface area contributed by atoms with Crippen molar-refractivity contribution < 1.29 is 14.3 Å². The number of hydrogen-bond acceptors (Lipinski definition) is 3. The molecular formula is C14H14BrNO3. The monoisotopic (exact) mass is 323 g/mol. The molecule has 100 valence electrons. The van der Waals surface area contributed by atoms with Crippen LogP contribution in [0.3, 0.4) is 0 Å². The molecule has 1 aliphatic heterocycles. The zero-order valence-electron chi connectivity index (χ0n) is 10.6. The molecule has 0 aromatic heterocycles. The highest BCUT2D eigenvalue weighted by atomic mass is 79.9. The Morgan fingerprint density at radius 1 is 1.58 bits per heavy atom. The molecule has 0 spiro atoms. The van der Waals surface area contributed by atoms with E-state index in [2.05, 4.69) is 22.5 Å². The molecule has 2 rings (SSSR count). The van der Waals surface area contributed by atoms with Crippen molar-refractivity contribution in [2.24, 2.45) is 5.92 Å². The molecule has 0 bridgehead atoms. The quantitative estimate of drug-likeness (QED) is 0.634. The largest absolute Gasteiger partial charge is 0.465 e. The summed E-state index contributed by atoms with van der Waals surface area (Å²) in [6.07, 6.45) is 2.20. The van der Waals surface area contributed by atoms with Crippen molar-refractivity contribution in [3.63, 3.8) is 0 Å². The van der Waals surface area contributed by atoms with Gasteiger partial charge in [-0.05, 0) is 18.2 Å². The first kappa shape index (κ1) is 13.8. The first-order chi connectivity index (χ1) is 9.06. The molecule has 4 nitrogen and oxygen atoms in total. The van der Waals surface area contributed by atoms with Crippen molar-refractivity contribution in [3.8, 4) is 0 Å². The number of anilines is 1. The van der Waals surface area contributed by atoms with Crippen LogP contribution < -0.4 is 4.90 Å². The fraction of sp³-hybridized carbons (Fsp3) is 0.286. The summed E-state index contributed by atoms with van der Waals surface area (Å²) < 4.78 is 5.56. The highest BCUT2D eigenvalue weighted by Gasteiger charge is 2.31. The van der Waals surface area contributed by atoms with E-state index in [9.17, 15) is 9.59 Å². The van der Waals surface area contributed by atoms with Crippen LogP contribution in [0.25, 0.3) is 0 Å². The van der Waals surface area contributed by atoms with Gasteiger partial charge in [0, 0.05) is 23.4 Å². The first-order valence-corrected chi connectivity index (χ1v) is 6.67. The second kappa shape index (κ2) is 5.57. The number of methoxy groups -OCH3 is 1. The highest BCUT2D eigenvalue weighted by molar-refractivity contribution is 9.10. The number of nitrogens with zero attached hydrogens (tertiary/aromatic N) is 1. The molecule has 1 unspecified atom stereocenters. The smallest absolute Gasteiger partial charge is 0.339 e. The van der Waals surface area contributed by atoms with Gasteiger partial charge in [0.25, 0.3) is 0 Å². The van der Waals surface area contributed by atoms with Crippen molar-refractivity contribution in [2.45, 2.75) is 6.42 Å². The van der Waals surface area contributed by atoms with Gasteiger partial charge in [0.2, 0.25) is 5.91 Å². The lowest BCUT2D eigenvalue weighted by molar-refractivity contribution is -0.117. The molecule has 1 heterocycles. The third-order valence-electron chi connectivity index (χ3n) is 3.14. The Morgan fingerprint density at radius 2 is 2.32 bits per heavy atom. The number of carbonyl (C=O) groups is 2. The van der Waals surface area contributed by atoms with Crippen LogP contribution in [0.4, 0.5) is 5.69 Å². The number of ether oxygens (including phenoxy) is 1. The molecule has 0 aliphatic carbocycles. The van der Waals surface area contributed by atoms with Gasteiger partial charge >= 0.3 is 5.97 Å². The van der Waals surface area contributed by atoms with Gasteiger partial charge in [-0.1, -0.05) is 22.0 Å². The highest BCUT2D eigenvalue weighted by Crippen LogP contribution is 2.31. The third-order valence-corrected chi connectivity index (χ3v) is 3.64. The Labute approximate surface area is 120 Å². The molecule has 1 aromatic rings. The molecule has 0 saturated carbocycles. The van der Waals surface area contributed by atoms with Gasteiger partial charge in [-0.15, -0.1) is 6.58 Å². The van der Waals surface area contributed by atoms with Crippen molar-refractivity contribution in [3.05, 3.63) is 40.9 Å². The van der Waals surface area contributed by atoms with E-state index in [0.29, 0.717) is 24.2 Å². The van der Waals surface area contributed by atoms with Crippen LogP contribution in [0, 0.1) is 5.92 Å². The molecule has 1 saturated heterocycles. The summed E-state index contributed by atoms with van der Waals surface area (Å²) >= 11 is 3.36. The lowest BCUT2D eigenvalue weighted by Crippen LogP contribution is -2.26. The van der Waals surface area contributed by atoms with Gasteiger partial charge in [-0.3, -0.25) is 4.79 Å². The standard InChI is InChI=1S/C14H14BrNO3/c1-3-9-6-13(17)16(8-9)12-7-10(15)4-5-11(12)14(18)19-2/h3-5,7,9H,1,6,8H2,2H3. The summed E-state index contributed by atoms with van der Waals surface area (Å²) in [6.45, 7) is 4.26. The predicted molar refractivity (Wildman–Crippen MR) is 76.1 cm³/mol. The normalized spacial score (nSPS) is 18.5. The number of rotatable bonds is 3. The SMILES string of the molecule is C=CC1CC(=O)N(c2cc(Br)ccc2C(=O)OC)C1. The number of halogens is 1. The van der Waals surface area contributed by atoms with Crippen molar-refractivity contribution in [2.75, 3.05) is 18.6 Å². The number of amides is 1. The molecular weight excluding hydrogens is 310 g/mol.